The molecule has 3 heterocycles. The quantitative estimate of drug-likeness (QED) is 0.730. The van der Waals surface area contributed by atoms with Gasteiger partial charge in [-0.2, -0.15) is 0 Å². The molecule has 2 aromatic heterocycles. The van der Waals surface area contributed by atoms with Crippen molar-refractivity contribution in [2.45, 2.75) is 12.3 Å². The van der Waals surface area contributed by atoms with Gasteiger partial charge in [-0.05, 0) is 4.57 Å². The van der Waals surface area contributed by atoms with Crippen LogP contribution in [0.25, 0.3) is 11.2 Å². The van der Waals surface area contributed by atoms with Crippen molar-refractivity contribution in [3.63, 3.8) is 0 Å². The Morgan fingerprint density at radius 2 is 2.22 bits per heavy atom. The molecule has 1 aliphatic heterocycles. The van der Waals surface area contributed by atoms with E-state index >= 15 is 0 Å². The number of anilines is 1. The first kappa shape index (κ1) is 16.2. The molecule has 1 saturated heterocycles. The molecular formula is C12H19N7O3P+. The number of ether oxygens (including phenoxy) is 1. The van der Waals surface area contributed by atoms with Crippen LogP contribution in [0.4, 0.5) is 5.82 Å². The molecule has 3 N–H and O–H groups in total. The van der Waals surface area contributed by atoms with Crippen molar-refractivity contribution >= 4 is 25.1 Å². The fourth-order valence-electron chi connectivity index (χ4n) is 2.53. The van der Waals surface area contributed by atoms with Crippen molar-refractivity contribution in [1.82, 2.24) is 28.9 Å². The zero-order valence-corrected chi connectivity index (χ0v) is 13.8. The highest BCUT2D eigenvalue weighted by Crippen LogP contribution is 2.35. The zero-order chi connectivity index (χ0) is 16.6. The van der Waals surface area contributed by atoms with Gasteiger partial charge in [0.1, 0.15) is 11.8 Å². The number of aromatic nitrogens is 4. The highest BCUT2D eigenvalue weighted by Gasteiger charge is 2.41. The second-order valence-electron chi connectivity index (χ2n) is 5.45. The molecular weight excluding hydrogens is 321 g/mol. The summed E-state index contributed by atoms with van der Waals surface area (Å²) < 4.78 is 23.4. The summed E-state index contributed by atoms with van der Waals surface area (Å²) >= 11 is 0. The van der Waals surface area contributed by atoms with Gasteiger partial charge >= 0.3 is 8.10 Å². The molecule has 3 unspecified atom stereocenters. The third-order valence-electron chi connectivity index (χ3n) is 3.62. The Kier molecular flexibility index (Phi) is 4.51. The van der Waals surface area contributed by atoms with Crippen molar-refractivity contribution in [2.75, 3.05) is 39.5 Å². The maximum Gasteiger partial charge on any atom is 0.537 e. The lowest BCUT2D eigenvalue weighted by atomic mass is 10.3. The summed E-state index contributed by atoms with van der Waals surface area (Å²) in [5, 5.41) is 9.47. The molecule has 0 radical (unpaired) electrons. The summed E-state index contributed by atoms with van der Waals surface area (Å²) in [6, 6.07) is 0. The second kappa shape index (κ2) is 6.42. The van der Waals surface area contributed by atoms with Gasteiger partial charge in [0, 0.05) is 14.1 Å². The lowest BCUT2D eigenvalue weighted by molar-refractivity contribution is -0.116. The lowest BCUT2D eigenvalue weighted by Crippen LogP contribution is -2.44. The third kappa shape index (κ3) is 3.04. The number of hydrogen-bond donors (Lipinski definition) is 2. The smallest absolute Gasteiger partial charge is 0.394 e. The first-order valence-electron chi connectivity index (χ1n) is 7.10. The highest BCUT2D eigenvalue weighted by atomic mass is 31.1. The van der Waals surface area contributed by atoms with Gasteiger partial charge < -0.3 is 15.6 Å². The maximum absolute atomic E-state index is 12.4. The van der Waals surface area contributed by atoms with Gasteiger partial charge in [0.25, 0.3) is 0 Å². The topological polar surface area (TPSA) is 123 Å². The number of fused-ring (bicyclic) bond motifs is 1. The van der Waals surface area contributed by atoms with Crippen LogP contribution in [0.1, 0.15) is 6.23 Å². The zero-order valence-electron chi connectivity index (χ0n) is 12.9. The average Bonchev–Trinajstić information content (AvgIpc) is 2.99. The summed E-state index contributed by atoms with van der Waals surface area (Å²) in [4.78, 5) is 12.3. The first-order valence-corrected chi connectivity index (χ1v) is 8.26. The van der Waals surface area contributed by atoms with E-state index in [1.807, 2.05) is 0 Å². The number of nitrogen functional groups attached to an aromatic ring is 1. The molecule has 0 saturated carbocycles. The molecule has 2 aromatic rings. The van der Waals surface area contributed by atoms with Crippen LogP contribution >= 0.6 is 8.10 Å². The number of rotatable bonds is 4. The summed E-state index contributed by atoms with van der Waals surface area (Å²) in [6.45, 7) is 0.622. The summed E-state index contributed by atoms with van der Waals surface area (Å²) in [5.41, 5.74) is 6.83. The van der Waals surface area contributed by atoms with Crippen LogP contribution in [0, 0.1) is 0 Å². The molecule has 0 bridgehead atoms. The number of aliphatic hydroxyl groups excluding tert-OH is 1. The Labute approximate surface area is 133 Å². The molecule has 3 atom stereocenters. The van der Waals surface area contributed by atoms with E-state index in [4.69, 9.17) is 10.5 Å². The predicted molar refractivity (Wildman–Crippen MR) is 83.6 cm³/mol. The van der Waals surface area contributed by atoms with Gasteiger partial charge in [0.2, 0.25) is 0 Å². The second-order valence-corrected chi connectivity index (χ2v) is 7.32. The molecule has 1 fully saturated rings. The minimum Gasteiger partial charge on any atom is -0.394 e. The molecule has 0 aliphatic carbocycles. The van der Waals surface area contributed by atoms with Crippen LogP contribution in [0.15, 0.2) is 12.7 Å². The van der Waals surface area contributed by atoms with Gasteiger partial charge in [-0.15, -0.1) is 0 Å². The molecule has 11 heteroatoms. The third-order valence-corrected chi connectivity index (χ3v) is 5.11. The predicted octanol–water partition coefficient (Wildman–Crippen LogP) is -0.181. The van der Waals surface area contributed by atoms with Crippen LogP contribution in [0.2, 0.25) is 0 Å². The minimum absolute atomic E-state index is 0.159. The summed E-state index contributed by atoms with van der Waals surface area (Å²) in [6.07, 6.45) is 2.02. The van der Waals surface area contributed by atoms with Gasteiger partial charge in [-0.3, -0.25) is 4.57 Å². The van der Waals surface area contributed by atoms with E-state index in [1.165, 1.54) is 6.33 Å². The van der Waals surface area contributed by atoms with Crippen molar-refractivity contribution in [3.8, 4) is 0 Å². The Bertz CT molecular complexity index is 722. The maximum atomic E-state index is 12.4. The molecule has 1 aliphatic rings. The lowest BCUT2D eigenvalue weighted by Gasteiger charge is -2.32. The highest BCUT2D eigenvalue weighted by molar-refractivity contribution is 7.39. The fraction of sp³-hybridized carbons (Fsp3) is 0.583. The van der Waals surface area contributed by atoms with Crippen LogP contribution in [-0.2, 0) is 9.30 Å². The van der Waals surface area contributed by atoms with Crippen molar-refractivity contribution in [3.05, 3.63) is 12.7 Å². The summed E-state index contributed by atoms with van der Waals surface area (Å²) in [7, 11) is 1.79. The van der Waals surface area contributed by atoms with E-state index in [1.54, 1.807) is 34.3 Å². The Balaban J connectivity index is 1.93. The summed E-state index contributed by atoms with van der Waals surface area (Å²) in [5.74, 6) is 0.291. The number of nitrogens with two attached hydrogens (primary N) is 1. The number of imidazole rings is 1. The van der Waals surface area contributed by atoms with Gasteiger partial charge in [-0.25, -0.2) is 15.0 Å². The standard InChI is InChI=1S/C12H19N7O3P/c1-17(2)23(21)18-3-8(5-20)22-9(4-18)19-7-16-10-11(13)14-6-15-12(10)19/h6-9,20H,3-5H2,1-2H3,(H2,13,14,15)/q+1. The number of morpholine rings is 1. The minimum atomic E-state index is -1.71. The number of hydrogen-bond acceptors (Lipinski definition) is 7. The Morgan fingerprint density at radius 1 is 1.43 bits per heavy atom. The van der Waals surface area contributed by atoms with E-state index in [0.717, 1.165) is 0 Å². The fourth-order valence-corrected chi connectivity index (χ4v) is 3.63. The SMILES string of the molecule is CN(C)[P+](=O)N1CC(CO)OC(n2cnc3c(N)ncnc32)C1. The average molecular weight is 340 g/mol. The van der Waals surface area contributed by atoms with E-state index in [0.29, 0.717) is 30.1 Å². The van der Waals surface area contributed by atoms with Crippen LogP contribution in [0.3, 0.4) is 0 Å². The van der Waals surface area contributed by atoms with Gasteiger partial charge in [0.05, 0.1) is 32.1 Å². The molecule has 23 heavy (non-hydrogen) atoms. The number of nitrogens with zero attached hydrogens (tertiary/aromatic N) is 6. The largest absolute Gasteiger partial charge is 0.537 e. The van der Waals surface area contributed by atoms with E-state index in [2.05, 4.69) is 15.0 Å². The van der Waals surface area contributed by atoms with Gasteiger partial charge in [-0.1, -0.05) is 9.34 Å². The molecule has 0 amide bonds. The van der Waals surface area contributed by atoms with Crippen LogP contribution in [0.5, 0.6) is 0 Å². The van der Waals surface area contributed by atoms with E-state index < -0.39 is 20.4 Å². The van der Waals surface area contributed by atoms with Crippen molar-refractivity contribution in [2.24, 2.45) is 0 Å². The normalized spacial score (nSPS) is 23.6. The van der Waals surface area contributed by atoms with Gasteiger partial charge in [0.15, 0.2) is 17.7 Å². The Hall–Kier alpha value is -1.71. The first-order chi connectivity index (χ1) is 11.0. The monoisotopic (exact) mass is 340 g/mol. The molecule has 0 spiro atoms. The van der Waals surface area contributed by atoms with Crippen LogP contribution in [-0.4, -0.2) is 73.9 Å². The molecule has 0 aromatic carbocycles. The number of aliphatic hydroxyl groups is 1. The molecule has 124 valence electrons. The Morgan fingerprint density at radius 3 is 2.91 bits per heavy atom. The molecule has 3 rings (SSSR count). The molecule has 10 nitrogen and oxygen atoms in total. The van der Waals surface area contributed by atoms with Crippen molar-refractivity contribution in [1.29, 1.82) is 0 Å². The van der Waals surface area contributed by atoms with E-state index in [9.17, 15) is 9.67 Å². The van der Waals surface area contributed by atoms with Crippen LogP contribution < -0.4 is 5.73 Å². The van der Waals surface area contributed by atoms with Crippen molar-refractivity contribution < 1.29 is 14.4 Å². The van der Waals surface area contributed by atoms with E-state index in [-0.39, 0.29) is 6.61 Å².